The number of rotatable bonds is 4. The lowest BCUT2D eigenvalue weighted by Crippen LogP contribution is -2.05. The third-order valence-electron chi connectivity index (χ3n) is 3.45. The normalized spacial score (nSPS) is 12.3. The van der Waals surface area contributed by atoms with E-state index in [1.165, 1.54) is 16.7 Å². The molecule has 1 aromatic heterocycles. The van der Waals surface area contributed by atoms with Gasteiger partial charge in [-0.25, -0.2) is 4.98 Å². The van der Waals surface area contributed by atoms with Crippen LogP contribution in [0.15, 0.2) is 60.0 Å². The van der Waals surface area contributed by atoms with E-state index in [0.29, 0.717) is 0 Å². The van der Waals surface area contributed by atoms with E-state index in [2.05, 4.69) is 58.9 Å². The van der Waals surface area contributed by atoms with Crippen molar-refractivity contribution >= 4 is 11.3 Å². The average Bonchev–Trinajstić information content (AvgIpc) is 2.98. The Balaban J connectivity index is 1.75. The van der Waals surface area contributed by atoms with Gasteiger partial charge in [-0.3, -0.25) is 0 Å². The number of benzene rings is 2. The van der Waals surface area contributed by atoms with Crippen LogP contribution in [-0.4, -0.2) is 4.98 Å². The Morgan fingerprint density at radius 1 is 1.00 bits per heavy atom. The van der Waals surface area contributed by atoms with Crippen LogP contribution in [0.4, 0.5) is 0 Å². The second-order valence-electron chi connectivity index (χ2n) is 5.19. The highest BCUT2D eigenvalue weighted by Crippen LogP contribution is 2.22. The molecular formula is C18H18N2S. The van der Waals surface area contributed by atoms with Gasteiger partial charge in [-0.15, -0.1) is 11.3 Å². The molecule has 0 fully saturated rings. The van der Waals surface area contributed by atoms with Gasteiger partial charge in [0.25, 0.3) is 0 Å². The molecule has 0 amide bonds. The highest BCUT2D eigenvalue weighted by Gasteiger charge is 2.06. The molecule has 0 saturated carbocycles. The van der Waals surface area contributed by atoms with E-state index in [-0.39, 0.29) is 6.04 Å². The molecule has 0 radical (unpaired) electrons. The molecule has 21 heavy (non-hydrogen) atoms. The van der Waals surface area contributed by atoms with Gasteiger partial charge in [0.1, 0.15) is 0 Å². The molecular weight excluding hydrogens is 276 g/mol. The van der Waals surface area contributed by atoms with Crippen LogP contribution >= 0.6 is 11.3 Å². The van der Waals surface area contributed by atoms with Crippen molar-refractivity contribution in [3.05, 3.63) is 76.2 Å². The molecule has 0 spiro atoms. The minimum Gasteiger partial charge on any atom is -0.323 e. The highest BCUT2D eigenvalue weighted by molar-refractivity contribution is 7.09. The number of hydrogen-bond donors (Lipinski definition) is 1. The van der Waals surface area contributed by atoms with Crippen LogP contribution in [0.2, 0.25) is 0 Å². The third kappa shape index (κ3) is 3.38. The number of nitrogens with two attached hydrogens (primary N) is 1. The maximum absolute atomic E-state index is 5.85. The summed E-state index contributed by atoms with van der Waals surface area (Å²) >= 11 is 1.68. The van der Waals surface area contributed by atoms with Gasteiger partial charge in [0.2, 0.25) is 0 Å². The Labute approximate surface area is 129 Å². The minimum atomic E-state index is 0.00968. The topological polar surface area (TPSA) is 38.9 Å². The van der Waals surface area contributed by atoms with Crippen LogP contribution in [0, 0.1) is 0 Å². The molecule has 0 aliphatic heterocycles. The third-order valence-corrected chi connectivity index (χ3v) is 4.32. The van der Waals surface area contributed by atoms with E-state index < -0.39 is 0 Å². The van der Waals surface area contributed by atoms with Crippen LogP contribution in [0.1, 0.15) is 29.2 Å². The van der Waals surface area contributed by atoms with Crippen LogP contribution < -0.4 is 5.73 Å². The van der Waals surface area contributed by atoms with Crippen molar-refractivity contribution in [3.8, 4) is 11.1 Å². The van der Waals surface area contributed by atoms with E-state index in [9.17, 15) is 0 Å². The number of aromatic nitrogens is 1. The van der Waals surface area contributed by atoms with Crippen LogP contribution in [0.3, 0.4) is 0 Å². The molecule has 0 aliphatic carbocycles. The highest BCUT2D eigenvalue weighted by atomic mass is 32.1. The fraction of sp³-hybridized carbons (Fsp3) is 0.167. The van der Waals surface area contributed by atoms with E-state index in [1.54, 1.807) is 11.3 Å². The fourth-order valence-electron chi connectivity index (χ4n) is 2.24. The maximum atomic E-state index is 5.85. The minimum absolute atomic E-state index is 0.00968. The van der Waals surface area contributed by atoms with Crippen molar-refractivity contribution in [2.24, 2.45) is 5.73 Å². The lowest BCUT2D eigenvalue weighted by molar-refractivity contribution is 0.784. The van der Waals surface area contributed by atoms with Crippen molar-refractivity contribution in [3.63, 3.8) is 0 Å². The van der Waals surface area contributed by atoms with Crippen LogP contribution in [0.25, 0.3) is 11.1 Å². The van der Waals surface area contributed by atoms with Crippen molar-refractivity contribution in [2.75, 3.05) is 0 Å². The Bertz CT molecular complexity index is 700. The molecule has 1 heterocycles. The summed E-state index contributed by atoms with van der Waals surface area (Å²) in [6.07, 6.45) is 0.868. The van der Waals surface area contributed by atoms with Gasteiger partial charge in [0.15, 0.2) is 0 Å². The number of nitrogens with zero attached hydrogens (tertiary/aromatic N) is 1. The summed E-state index contributed by atoms with van der Waals surface area (Å²) in [6.45, 7) is 1.97. The van der Waals surface area contributed by atoms with Gasteiger partial charge in [0.05, 0.1) is 10.7 Å². The second-order valence-corrected chi connectivity index (χ2v) is 6.14. The number of thiazole rings is 1. The average molecular weight is 294 g/mol. The Morgan fingerprint density at radius 3 is 2.29 bits per heavy atom. The zero-order valence-electron chi connectivity index (χ0n) is 12.0. The van der Waals surface area contributed by atoms with E-state index >= 15 is 0 Å². The van der Waals surface area contributed by atoms with E-state index in [1.807, 2.05) is 13.0 Å². The maximum Gasteiger partial charge on any atom is 0.0972 e. The lowest BCUT2D eigenvalue weighted by atomic mass is 10.0. The predicted molar refractivity (Wildman–Crippen MR) is 89.4 cm³/mol. The smallest absolute Gasteiger partial charge is 0.0972 e. The second kappa shape index (κ2) is 6.20. The first-order valence-corrected chi connectivity index (χ1v) is 7.94. The van der Waals surface area contributed by atoms with Crippen molar-refractivity contribution < 1.29 is 0 Å². The van der Waals surface area contributed by atoms with Gasteiger partial charge in [-0.05, 0) is 23.6 Å². The van der Waals surface area contributed by atoms with Crippen molar-refractivity contribution in [1.82, 2.24) is 4.98 Å². The van der Waals surface area contributed by atoms with E-state index in [4.69, 9.17) is 5.73 Å². The largest absolute Gasteiger partial charge is 0.323 e. The molecule has 1 atom stereocenters. The summed E-state index contributed by atoms with van der Waals surface area (Å²) in [7, 11) is 0. The van der Waals surface area contributed by atoms with Crippen LogP contribution in [-0.2, 0) is 6.42 Å². The summed E-state index contributed by atoms with van der Waals surface area (Å²) in [5.74, 6) is 0. The summed E-state index contributed by atoms with van der Waals surface area (Å²) < 4.78 is 0. The molecule has 106 valence electrons. The predicted octanol–water partition coefficient (Wildman–Crippen LogP) is 4.42. The molecule has 2 nitrogen and oxygen atoms in total. The molecule has 3 aromatic rings. The van der Waals surface area contributed by atoms with Gasteiger partial charge in [0, 0.05) is 17.8 Å². The van der Waals surface area contributed by atoms with Crippen molar-refractivity contribution in [2.45, 2.75) is 19.4 Å². The zero-order chi connectivity index (χ0) is 14.7. The summed E-state index contributed by atoms with van der Waals surface area (Å²) in [5.41, 5.74) is 10.6. The summed E-state index contributed by atoms with van der Waals surface area (Å²) in [4.78, 5) is 4.58. The first-order valence-electron chi connectivity index (χ1n) is 7.06. The zero-order valence-corrected chi connectivity index (χ0v) is 12.8. The molecule has 3 rings (SSSR count). The van der Waals surface area contributed by atoms with Crippen molar-refractivity contribution in [1.29, 1.82) is 0 Å². The number of hydrogen-bond acceptors (Lipinski definition) is 3. The van der Waals surface area contributed by atoms with Gasteiger partial charge in [-0.1, -0.05) is 54.6 Å². The molecule has 1 unspecified atom stereocenters. The molecule has 0 bridgehead atoms. The molecule has 0 saturated heterocycles. The van der Waals surface area contributed by atoms with Gasteiger partial charge < -0.3 is 5.73 Å². The molecule has 2 aromatic carbocycles. The van der Waals surface area contributed by atoms with Gasteiger partial charge >= 0.3 is 0 Å². The first-order chi connectivity index (χ1) is 10.2. The lowest BCUT2D eigenvalue weighted by Gasteiger charge is -2.03. The quantitative estimate of drug-likeness (QED) is 0.773. The SMILES string of the molecule is CC(N)c1csc(Cc2ccc(-c3ccccc3)cc2)n1. The Morgan fingerprint density at radius 2 is 1.67 bits per heavy atom. The fourth-order valence-corrected chi connectivity index (χ4v) is 3.17. The van der Waals surface area contributed by atoms with E-state index in [0.717, 1.165) is 17.1 Å². The molecule has 2 N–H and O–H groups in total. The Hall–Kier alpha value is -1.97. The Kier molecular flexibility index (Phi) is 4.13. The molecule has 3 heteroatoms. The standard InChI is InChI=1S/C18H18N2S/c1-13(19)17-12-21-18(20-17)11-14-7-9-16(10-8-14)15-5-3-2-4-6-15/h2-10,12-13H,11,19H2,1H3. The monoisotopic (exact) mass is 294 g/mol. The summed E-state index contributed by atoms with van der Waals surface area (Å²) in [6, 6.07) is 19.1. The first kappa shape index (κ1) is 14.0. The van der Waals surface area contributed by atoms with Gasteiger partial charge in [-0.2, -0.15) is 0 Å². The van der Waals surface area contributed by atoms with Crippen LogP contribution in [0.5, 0.6) is 0 Å². The molecule has 0 aliphatic rings. The summed E-state index contributed by atoms with van der Waals surface area (Å²) in [5, 5.41) is 3.17.